The van der Waals surface area contributed by atoms with E-state index in [1.807, 2.05) is 26.0 Å². The molecule has 0 unspecified atom stereocenters. The second kappa shape index (κ2) is 5.87. The van der Waals surface area contributed by atoms with Crippen molar-refractivity contribution in [1.29, 1.82) is 0 Å². The van der Waals surface area contributed by atoms with Crippen molar-refractivity contribution in [3.63, 3.8) is 0 Å². The topological polar surface area (TPSA) is 37.4 Å². The van der Waals surface area contributed by atoms with Crippen molar-refractivity contribution in [3.8, 4) is 0 Å². The lowest BCUT2D eigenvalue weighted by Crippen LogP contribution is -2.30. The molecule has 0 fully saturated rings. The summed E-state index contributed by atoms with van der Waals surface area (Å²) < 4.78 is 0. The van der Waals surface area contributed by atoms with E-state index in [9.17, 15) is 9.59 Å². The summed E-state index contributed by atoms with van der Waals surface area (Å²) >= 11 is 3.39. The van der Waals surface area contributed by atoms with Gasteiger partial charge < -0.3 is 4.90 Å². The second-order valence-electron chi connectivity index (χ2n) is 5.01. The van der Waals surface area contributed by atoms with E-state index in [0.717, 1.165) is 41.4 Å². The molecular formula is C15H18BrNO2. The Balaban J connectivity index is 2.23. The molecule has 0 aliphatic carbocycles. The lowest BCUT2D eigenvalue weighted by atomic mass is 10.0. The zero-order chi connectivity index (χ0) is 14.0. The van der Waals surface area contributed by atoms with Gasteiger partial charge >= 0.3 is 0 Å². The summed E-state index contributed by atoms with van der Waals surface area (Å²) in [7, 11) is 0. The maximum Gasteiger partial charge on any atom is 0.299 e. The number of unbranched alkanes of at least 4 members (excludes halogenated alkanes) is 2. The molecule has 0 N–H and O–H groups in total. The monoisotopic (exact) mass is 323 g/mol. The number of benzene rings is 1. The summed E-state index contributed by atoms with van der Waals surface area (Å²) in [5.74, 6) is -0.726. The van der Waals surface area contributed by atoms with Crippen molar-refractivity contribution in [2.45, 2.75) is 33.1 Å². The van der Waals surface area contributed by atoms with Crippen LogP contribution in [0.25, 0.3) is 0 Å². The van der Waals surface area contributed by atoms with Gasteiger partial charge in [-0.15, -0.1) is 0 Å². The predicted molar refractivity (Wildman–Crippen MR) is 80.2 cm³/mol. The minimum atomic E-state index is -0.373. The Bertz CT molecular complexity index is 525. The van der Waals surface area contributed by atoms with Gasteiger partial charge in [-0.25, -0.2) is 0 Å². The molecule has 0 saturated heterocycles. The molecule has 3 nitrogen and oxygen atoms in total. The van der Waals surface area contributed by atoms with Crippen LogP contribution in [0.5, 0.6) is 0 Å². The van der Waals surface area contributed by atoms with Gasteiger partial charge in [0, 0.05) is 11.9 Å². The number of rotatable bonds is 5. The molecule has 1 aromatic carbocycles. The van der Waals surface area contributed by atoms with Crippen LogP contribution in [0.2, 0.25) is 0 Å². The van der Waals surface area contributed by atoms with E-state index in [4.69, 9.17) is 0 Å². The number of anilines is 1. The van der Waals surface area contributed by atoms with Gasteiger partial charge in [0.05, 0.1) is 11.3 Å². The van der Waals surface area contributed by atoms with Gasteiger partial charge in [0.1, 0.15) is 0 Å². The summed E-state index contributed by atoms with van der Waals surface area (Å²) in [5.41, 5.74) is 3.38. The van der Waals surface area contributed by atoms with Gasteiger partial charge in [0.25, 0.3) is 11.7 Å². The van der Waals surface area contributed by atoms with Crippen molar-refractivity contribution < 1.29 is 9.59 Å². The van der Waals surface area contributed by atoms with E-state index in [1.165, 1.54) is 0 Å². The van der Waals surface area contributed by atoms with Crippen LogP contribution in [0.3, 0.4) is 0 Å². The lowest BCUT2D eigenvalue weighted by Gasteiger charge is -2.17. The number of ketones is 1. The van der Waals surface area contributed by atoms with Crippen molar-refractivity contribution in [2.75, 3.05) is 16.8 Å². The molecule has 0 radical (unpaired) electrons. The molecule has 0 saturated carbocycles. The second-order valence-corrected chi connectivity index (χ2v) is 5.80. The zero-order valence-electron chi connectivity index (χ0n) is 11.3. The van der Waals surface area contributed by atoms with Crippen LogP contribution in [-0.4, -0.2) is 23.6 Å². The fourth-order valence-corrected chi connectivity index (χ4v) is 2.95. The summed E-state index contributed by atoms with van der Waals surface area (Å²) in [6, 6.07) is 3.90. The van der Waals surface area contributed by atoms with E-state index in [1.54, 1.807) is 4.90 Å². The summed E-state index contributed by atoms with van der Waals surface area (Å²) in [5, 5.41) is 0.981. The van der Waals surface area contributed by atoms with Gasteiger partial charge in [-0.05, 0) is 43.9 Å². The molecule has 0 bridgehead atoms. The first kappa shape index (κ1) is 14.3. The molecule has 2 rings (SSSR count). The normalized spacial score (nSPS) is 14.2. The number of fused-ring (bicyclic) bond motifs is 1. The number of nitrogens with zero attached hydrogens (tertiary/aromatic N) is 1. The highest BCUT2D eigenvalue weighted by molar-refractivity contribution is 9.09. The first-order valence-corrected chi connectivity index (χ1v) is 7.72. The van der Waals surface area contributed by atoms with Gasteiger partial charge in [0.15, 0.2) is 0 Å². The summed E-state index contributed by atoms with van der Waals surface area (Å²) in [6.45, 7) is 4.52. The van der Waals surface area contributed by atoms with Crippen LogP contribution in [0.1, 0.15) is 40.7 Å². The molecule has 0 spiro atoms. The highest BCUT2D eigenvalue weighted by atomic mass is 79.9. The standard InChI is InChI=1S/C15H18BrNO2/c1-10-8-11(2)13-12(9-10)17(15(19)14(13)18)7-5-3-4-6-16/h8-9H,3-7H2,1-2H3. The Hall–Kier alpha value is -1.16. The largest absolute Gasteiger partial charge is 0.305 e. The predicted octanol–water partition coefficient (Wildman–Crippen LogP) is 3.40. The van der Waals surface area contributed by atoms with Crippen LogP contribution in [0.15, 0.2) is 12.1 Å². The number of Topliss-reactive ketones (excluding diaryl/α,β-unsaturated/α-hetero) is 1. The molecule has 1 heterocycles. The number of hydrogen-bond acceptors (Lipinski definition) is 2. The van der Waals surface area contributed by atoms with E-state index in [-0.39, 0.29) is 11.7 Å². The molecule has 1 aliphatic heterocycles. The molecular weight excluding hydrogens is 306 g/mol. The molecule has 19 heavy (non-hydrogen) atoms. The van der Waals surface area contributed by atoms with Gasteiger partial charge in [-0.1, -0.05) is 28.4 Å². The van der Waals surface area contributed by atoms with E-state index in [2.05, 4.69) is 15.9 Å². The third kappa shape index (κ3) is 2.73. The Morgan fingerprint density at radius 1 is 1.11 bits per heavy atom. The number of aryl methyl sites for hydroxylation is 2. The molecule has 102 valence electrons. The van der Waals surface area contributed by atoms with Crippen LogP contribution >= 0.6 is 15.9 Å². The van der Waals surface area contributed by atoms with Gasteiger partial charge in [-0.2, -0.15) is 0 Å². The molecule has 0 atom stereocenters. The third-order valence-corrected chi connectivity index (χ3v) is 3.99. The Labute approximate surface area is 122 Å². The number of carbonyl (C=O) groups is 2. The fourth-order valence-electron chi connectivity index (χ4n) is 2.56. The lowest BCUT2D eigenvalue weighted by molar-refractivity contribution is -0.114. The number of carbonyl (C=O) groups excluding carboxylic acids is 2. The fraction of sp³-hybridized carbons (Fsp3) is 0.467. The van der Waals surface area contributed by atoms with Crippen molar-refractivity contribution in [3.05, 3.63) is 28.8 Å². The van der Waals surface area contributed by atoms with Crippen LogP contribution in [-0.2, 0) is 4.79 Å². The van der Waals surface area contributed by atoms with Gasteiger partial charge in [-0.3, -0.25) is 9.59 Å². The highest BCUT2D eigenvalue weighted by Gasteiger charge is 2.36. The first-order valence-electron chi connectivity index (χ1n) is 6.59. The molecule has 1 aliphatic rings. The first-order chi connectivity index (χ1) is 9.06. The average molecular weight is 324 g/mol. The van der Waals surface area contributed by atoms with Crippen molar-refractivity contribution in [1.82, 2.24) is 0 Å². The number of hydrogen-bond donors (Lipinski definition) is 0. The summed E-state index contributed by atoms with van der Waals surface area (Å²) in [6.07, 6.45) is 3.08. The Morgan fingerprint density at radius 2 is 1.84 bits per heavy atom. The smallest absolute Gasteiger partial charge is 0.299 e. The van der Waals surface area contributed by atoms with Crippen LogP contribution in [0, 0.1) is 13.8 Å². The van der Waals surface area contributed by atoms with Crippen molar-refractivity contribution in [2.24, 2.45) is 0 Å². The molecule has 0 aromatic heterocycles. The van der Waals surface area contributed by atoms with E-state index in [0.29, 0.717) is 12.1 Å². The minimum absolute atomic E-state index is 0.354. The summed E-state index contributed by atoms with van der Waals surface area (Å²) in [4.78, 5) is 25.7. The number of amides is 1. The minimum Gasteiger partial charge on any atom is -0.305 e. The van der Waals surface area contributed by atoms with Crippen molar-refractivity contribution >= 4 is 33.3 Å². The molecule has 4 heteroatoms. The highest BCUT2D eigenvalue weighted by Crippen LogP contribution is 2.32. The number of halogens is 1. The molecule has 1 aromatic rings. The Morgan fingerprint density at radius 3 is 2.53 bits per heavy atom. The zero-order valence-corrected chi connectivity index (χ0v) is 12.9. The van der Waals surface area contributed by atoms with Crippen LogP contribution in [0.4, 0.5) is 5.69 Å². The van der Waals surface area contributed by atoms with Gasteiger partial charge in [0.2, 0.25) is 0 Å². The van der Waals surface area contributed by atoms with E-state index >= 15 is 0 Å². The van der Waals surface area contributed by atoms with Crippen LogP contribution < -0.4 is 4.90 Å². The number of alkyl halides is 1. The SMILES string of the molecule is Cc1cc(C)c2c(c1)N(CCCCCBr)C(=O)C2=O. The quantitative estimate of drug-likeness (QED) is 0.473. The maximum absolute atomic E-state index is 12.1. The Kier molecular flexibility index (Phi) is 4.40. The molecule has 1 amide bonds. The maximum atomic E-state index is 12.1. The third-order valence-electron chi connectivity index (χ3n) is 3.43. The van der Waals surface area contributed by atoms with E-state index < -0.39 is 0 Å². The average Bonchev–Trinajstić information content (AvgIpc) is 2.59.